The molecule has 1 rings (SSSR count). The van der Waals surface area contributed by atoms with E-state index in [2.05, 4.69) is 0 Å². The van der Waals surface area contributed by atoms with Crippen LogP contribution in [0.3, 0.4) is 0 Å². The first-order valence-corrected chi connectivity index (χ1v) is 5.37. The van der Waals surface area contributed by atoms with E-state index in [0.29, 0.717) is 12.0 Å². The Bertz CT molecular complexity index is 381. The fraction of sp³-hybridized carbons (Fsp3) is 0.385. The van der Waals surface area contributed by atoms with Crippen molar-refractivity contribution < 1.29 is 15.3 Å². The van der Waals surface area contributed by atoms with Gasteiger partial charge in [0.1, 0.15) is 11.5 Å². The third kappa shape index (κ3) is 3.00. The Hall–Kier alpha value is -1.48. The molecule has 0 saturated heterocycles. The second-order valence-corrected chi connectivity index (χ2v) is 4.06. The molecule has 1 unspecified atom stereocenters. The first-order valence-electron chi connectivity index (χ1n) is 5.37. The van der Waals surface area contributed by atoms with Crippen LogP contribution in [-0.4, -0.2) is 15.3 Å². The fourth-order valence-electron chi connectivity index (χ4n) is 1.56. The van der Waals surface area contributed by atoms with Gasteiger partial charge in [-0.3, -0.25) is 0 Å². The van der Waals surface area contributed by atoms with Crippen LogP contribution >= 0.6 is 0 Å². The molecular weight excluding hydrogens is 204 g/mol. The Morgan fingerprint density at radius 3 is 2.50 bits per heavy atom. The minimum absolute atomic E-state index is 0.0128. The summed E-state index contributed by atoms with van der Waals surface area (Å²) in [6.07, 6.45) is 5.19. The number of rotatable bonds is 4. The van der Waals surface area contributed by atoms with Crippen molar-refractivity contribution in [3.8, 4) is 11.5 Å². The highest BCUT2D eigenvalue weighted by molar-refractivity contribution is 5.42. The molecule has 3 heteroatoms. The number of hydrogen-bond donors (Lipinski definition) is 3. The third-order valence-corrected chi connectivity index (χ3v) is 2.48. The van der Waals surface area contributed by atoms with Gasteiger partial charge in [0.15, 0.2) is 0 Å². The molecule has 0 aromatic heterocycles. The van der Waals surface area contributed by atoms with E-state index in [1.807, 2.05) is 19.1 Å². The summed E-state index contributed by atoms with van der Waals surface area (Å²) in [4.78, 5) is 0. The molecule has 0 spiro atoms. The van der Waals surface area contributed by atoms with Crippen molar-refractivity contribution >= 4 is 0 Å². The number of phenolic OH excluding ortho intramolecular Hbond substituents is 2. The molecule has 0 bridgehead atoms. The van der Waals surface area contributed by atoms with Crippen LogP contribution in [0.25, 0.3) is 0 Å². The van der Waals surface area contributed by atoms with Gasteiger partial charge >= 0.3 is 0 Å². The van der Waals surface area contributed by atoms with E-state index in [0.717, 1.165) is 6.42 Å². The molecule has 1 aromatic rings. The normalized spacial score (nSPS) is 15.2. The molecule has 3 N–H and O–H groups in total. The van der Waals surface area contributed by atoms with Crippen LogP contribution in [0.5, 0.6) is 11.5 Å². The standard InChI is InChI=1S/C13H18O3/c1-3-4-5-8-13(2,16)11-7-6-10(14)9-12(11)15/h4-7,9,14-16H,3,8H2,1-2H3/b5-4+. The van der Waals surface area contributed by atoms with E-state index < -0.39 is 5.60 Å². The van der Waals surface area contributed by atoms with Crippen molar-refractivity contribution in [2.75, 3.05) is 0 Å². The van der Waals surface area contributed by atoms with Crippen LogP contribution in [-0.2, 0) is 5.60 Å². The summed E-state index contributed by atoms with van der Waals surface area (Å²) in [6.45, 7) is 3.66. The van der Waals surface area contributed by atoms with Crippen molar-refractivity contribution in [1.29, 1.82) is 0 Å². The van der Waals surface area contributed by atoms with Gasteiger partial charge < -0.3 is 15.3 Å². The van der Waals surface area contributed by atoms with Crippen LogP contribution in [0, 0.1) is 0 Å². The summed E-state index contributed by atoms with van der Waals surface area (Å²) in [5.74, 6) is -0.101. The van der Waals surface area contributed by atoms with E-state index >= 15 is 0 Å². The fourth-order valence-corrected chi connectivity index (χ4v) is 1.56. The molecule has 88 valence electrons. The summed E-state index contributed by atoms with van der Waals surface area (Å²) in [7, 11) is 0. The van der Waals surface area contributed by atoms with Gasteiger partial charge in [-0.15, -0.1) is 0 Å². The summed E-state index contributed by atoms with van der Waals surface area (Å²) < 4.78 is 0. The third-order valence-electron chi connectivity index (χ3n) is 2.48. The monoisotopic (exact) mass is 222 g/mol. The van der Waals surface area contributed by atoms with Crippen LogP contribution in [0.2, 0.25) is 0 Å². The highest BCUT2D eigenvalue weighted by Gasteiger charge is 2.24. The van der Waals surface area contributed by atoms with E-state index in [4.69, 9.17) is 5.11 Å². The summed E-state index contributed by atoms with van der Waals surface area (Å²) in [5.41, 5.74) is -0.699. The number of benzene rings is 1. The Morgan fingerprint density at radius 1 is 1.25 bits per heavy atom. The van der Waals surface area contributed by atoms with Crippen LogP contribution in [0.4, 0.5) is 0 Å². The Kier molecular flexibility index (Phi) is 3.96. The molecule has 3 nitrogen and oxygen atoms in total. The highest BCUT2D eigenvalue weighted by atomic mass is 16.3. The SMILES string of the molecule is CC/C=C/CC(C)(O)c1ccc(O)cc1O. The zero-order valence-corrected chi connectivity index (χ0v) is 9.64. The van der Waals surface area contributed by atoms with Gasteiger partial charge in [-0.1, -0.05) is 19.1 Å². The number of hydrogen-bond acceptors (Lipinski definition) is 3. The van der Waals surface area contributed by atoms with Crippen LogP contribution in [0.1, 0.15) is 32.3 Å². The quantitative estimate of drug-likeness (QED) is 0.686. The Labute approximate surface area is 95.7 Å². The van der Waals surface area contributed by atoms with Gasteiger partial charge in [0.05, 0.1) is 5.60 Å². The molecule has 0 radical (unpaired) electrons. The average Bonchev–Trinajstić information content (AvgIpc) is 2.17. The molecule has 0 amide bonds. The lowest BCUT2D eigenvalue weighted by molar-refractivity contribution is 0.0579. The van der Waals surface area contributed by atoms with E-state index in [9.17, 15) is 10.2 Å². The largest absolute Gasteiger partial charge is 0.508 e. The zero-order chi connectivity index (χ0) is 12.2. The topological polar surface area (TPSA) is 60.7 Å². The van der Waals surface area contributed by atoms with E-state index in [-0.39, 0.29) is 11.5 Å². The number of aromatic hydroxyl groups is 2. The van der Waals surface area contributed by atoms with Crippen LogP contribution < -0.4 is 0 Å². The number of phenols is 2. The molecular formula is C13H18O3. The average molecular weight is 222 g/mol. The Balaban J connectivity index is 2.93. The van der Waals surface area contributed by atoms with Crippen molar-refractivity contribution in [1.82, 2.24) is 0 Å². The smallest absolute Gasteiger partial charge is 0.125 e. The summed E-state index contributed by atoms with van der Waals surface area (Å²) in [6, 6.07) is 4.21. The first kappa shape index (κ1) is 12.6. The maximum absolute atomic E-state index is 10.2. The zero-order valence-electron chi connectivity index (χ0n) is 9.64. The highest BCUT2D eigenvalue weighted by Crippen LogP contribution is 2.34. The van der Waals surface area contributed by atoms with Gasteiger partial charge in [-0.05, 0) is 31.9 Å². The second-order valence-electron chi connectivity index (χ2n) is 4.06. The molecule has 16 heavy (non-hydrogen) atoms. The number of allylic oxidation sites excluding steroid dienone is 1. The van der Waals surface area contributed by atoms with Crippen molar-refractivity contribution in [3.05, 3.63) is 35.9 Å². The lowest BCUT2D eigenvalue weighted by Crippen LogP contribution is -2.20. The Morgan fingerprint density at radius 2 is 1.94 bits per heavy atom. The molecule has 1 atom stereocenters. The van der Waals surface area contributed by atoms with Crippen molar-refractivity contribution in [2.24, 2.45) is 0 Å². The van der Waals surface area contributed by atoms with Crippen molar-refractivity contribution in [3.63, 3.8) is 0 Å². The molecule has 0 aliphatic carbocycles. The van der Waals surface area contributed by atoms with Crippen molar-refractivity contribution in [2.45, 2.75) is 32.3 Å². The van der Waals surface area contributed by atoms with Crippen LogP contribution in [0.15, 0.2) is 30.4 Å². The summed E-state index contributed by atoms with van der Waals surface area (Å²) >= 11 is 0. The molecule has 0 heterocycles. The van der Waals surface area contributed by atoms with Gasteiger partial charge in [0, 0.05) is 11.6 Å². The lowest BCUT2D eigenvalue weighted by Gasteiger charge is -2.23. The molecule has 0 fully saturated rings. The maximum Gasteiger partial charge on any atom is 0.125 e. The van der Waals surface area contributed by atoms with Gasteiger partial charge in [0.25, 0.3) is 0 Å². The summed E-state index contributed by atoms with van der Waals surface area (Å²) in [5, 5.41) is 29.0. The predicted octanol–water partition coefficient (Wildman–Crippen LogP) is 2.66. The second kappa shape index (κ2) is 5.03. The minimum atomic E-state index is -1.12. The van der Waals surface area contributed by atoms with Gasteiger partial charge in [-0.25, -0.2) is 0 Å². The molecule has 1 aromatic carbocycles. The first-order chi connectivity index (χ1) is 7.47. The van der Waals surface area contributed by atoms with Gasteiger partial charge in [-0.2, -0.15) is 0 Å². The van der Waals surface area contributed by atoms with Gasteiger partial charge in [0.2, 0.25) is 0 Å². The molecule has 0 aliphatic heterocycles. The predicted molar refractivity (Wildman–Crippen MR) is 63.4 cm³/mol. The lowest BCUT2D eigenvalue weighted by atomic mass is 9.91. The maximum atomic E-state index is 10.2. The molecule has 0 saturated carbocycles. The molecule has 0 aliphatic rings. The van der Waals surface area contributed by atoms with E-state index in [1.54, 1.807) is 6.92 Å². The number of aliphatic hydroxyl groups is 1. The minimum Gasteiger partial charge on any atom is -0.508 e. The van der Waals surface area contributed by atoms with E-state index in [1.165, 1.54) is 18.2 Å².